The number of amides is 1. The van der Waals surface area contributed by atoms with Gasteiger partial charge in [-0.25, -0.2) is 0 Å². The van der Waals surface area contributed by atoms with Gasteiger partial charge in [0.25, 0.3) is 5.91 Å². The Hall–Kier alpha value is -1.68. The number of carbonyl (C=O) groups is 1. The van der Waals surface area contributed by atoms with Crippen molar-refractivity contribution in [2.45, 2.75) is 19.5 Å². The first-order valence-electron chi connectivity index (χ1n) is 7.76. The maximum atomic E-state index is 12.6. The molecule has 1 aromatic heterocycles. The van der Waals surface area contributed by atoms with E-state index in [0.29, 0.717) is 26.8 Å². The van der Waals surface area contributed by atoms with Crippen LogP contribution in [0.25, 0.3) is 0 Å². The zero-order valence-corrected chi connectivity index (χ0v) is 16.3. The van der Waals surface area contributed by atoms with Crippen LogP contribution in [0.2, 0.25) is 5.02 Å². The van der Waals surface area contributed by atoms with Crippen LogP contribution in [0.1, 0.15) is 23.2 Å². The Morgan fingerprint density at radius 2 is 2.12 bits per heavy atom. The second kappa shape index (κ2) is 8.34. The number of pyridine rings is 1. The Kier molecular flexibility index (Phi) is 6.13. The number of hydrogen-bond acceptors (Lipinski definition) is 4. The maximum absolute atomic E-state index is 12.6. The SMILES string of the molecule is O=C(Nc1c(Cl)cncc1I)c1ccc(OC(F)F)c(OCC2CC2)c1. The van der Waals surface area contributed by atoms with E-state index in [1.807, 2.05) is 22.6 Å². The molecule has 0 bridgehead atoms. The van der Waals surface area contributed by atoms with Crippen molar-refractivity contribution in [3.05, 3.63) is 44.7 Å². The lowest BCUT2D eigenvalue weighted by atomic mass is 10.2. The lowest BCUT2D eigenvalue weighted by molar-refractivity contribution is -0.0515. The quantitative estimate of drug-likeness (QED) is 0.552. The minimum atomic E-state index is -2.98. The topological polar surface area (TPSA) is 60.5 Å². The van der Waals surface area contributed by atoms with Gasteiger partial charge in [-0.15, -0.1) is 0 Å². The number of halogens is 4. The standard InChI is InChI=1S/C17H14ClF2IN2O3/c18-11-6-22-7-12(21)15(11)23-16(24)10-3-4-13(26-17(19)20)14(5-10)25-8-9-1-2-9/h3-7,9,17H,1-2,8H2,(H,22,23,24). The van der Waals surface area contributed by atoms with Gasteiger partial charge >= 0.3 is 6.61 Å². The third-order valence-corrected chi connectivity index (χ3v) is 4.79. The number of ether oxygens (including phenoxy) is 2. The van der Waals surface area contributed by atoms with E-state index >= 15 is 0 Å². The van der Waals surface area contributed by atoms with Gasteiger partial charge in [-0.3, -0.25) is 9.78 Å². The Morgan fingerprint density at radius 1 is 1.35 bits per heavy atom. The van der Waals surface area contributed by atoms with Crippen LogP contribution < -0.4 is 14.8 Å². The molecule has 0 saturated heterocycles. The van der Waals surface area contributed by atoms with Gasteiger partial charge in [0.1, 0.15) is 0 Å². The summed E-state index contributed by atoms with van der Waals surface area (Å²) in [4.78, 5) is 16.4. The molecule has 1 saturated carbocycles. The number of aromatic nitrogens is 1. The molecule has 1 heterocycles. The molecule has 1 N–H and O–H groups in total. The van der Waals surface area contributed by atoms with Crippen molar-refractivity contribution in [3.8, 4) is 11.5 Å². The summed E-state index contributed by atoms with van der Waals surface area (Å²) >= 11 is 8.06. The molecule has 0 atom stereocenters. The summed E-state index contributed by atoms with van der Waals surface area (Å²) in [5, 5.41) is 3.00. The summed E-state index contributed by atoms with van der Waals surface area (Å²) in [5.41, 5.74) is 0.668. The first-order chi connectivity index (χ1) is 12.4. The van der Waals surface area contributed by atoms with E-state index in [1.54, 1.807) is 6.20 Å². The monoisotopic (exact) mass is 494 g/mol. The Labute approximate surface area is 167 Å². The highest BCUT2D eigenvalue weighted by Crippen LogP contribution is 2.34. The predicted molar refractivity (Wildman–Crippen MR) is 101 cm³/mol. The van der Waals surface area contributed by atoms with Gasteiger partial charge in [0, 0.05) is 18.0 Å². The van der Waals surface area contributed by atoms with E-state index in [4.69, 9.17) is 16.3 Å². The molecule has 1 aliphatic rings. The molecule has 138 valence electrons. The summed E-state index contributed by atoms with van der Waals surface area (Å²) < 4.78 is 35.9. The fourth-order valence-corrected chi connectivity index (χ4v) is 3.12. The van der Waals surface area contributed by atoms with Crippen LogP contribution in [0.15, 0.2) is 30.6 Å². The number of hydrogen-bond donors (Lipinski definition) is 1. The molecule has 0 spiro atoms. The average Bonchev–Trinajstić information content (AvgIpc) is 3.41. The van der Waals surface area contributed by atoms with Crippen LogP contribution in [0.4, 0.5) is 14.5 Å². The van der Waals surface area contributed by atoms with E-state index in [1.165, 1.54) is 24.4 Å². The van der Waals surface area contributed by atoms with Gasteiger partial charge in [0.15, 0.2) is 11.5 Å². The molecule has 1 fully saturated rings. The van der Waals surface area contributed by atoms with Gasteiger partial charge in [-0.1, -0.05) is 11.6 Å². The molecule has 1 amide bonds. The summed E-state index contributed by atoms with van der Waals surface area (Å²) in [6.07, 6.45) is 5.07. The molecule has 26 heavy (non-hydrogen) atoms. The lowest BCUT2D eigenvalue weighted by Crippen LogP contribution is -2.14. The third-order valence-electron chi connectivity index (χ3n) is 3.69. The summed E-state index contributed by atoms with van der Waals surface area (Å²) in [6.45, 7) is -2.58. The zero-order chi connectivity index (χ0) is 18.7. The molecule has 5 nitrogen and oxygen atoms in total. The molecule has 0 aliphatic heterocycles. The van der Waals surface area contributed by atoms with E-state index in [9.17, 15) is 13.6 Å². The lowest BCUT2D eigenvalue weighted by Gasteiger charge is -2.14. The maximum Gasteiger partial charge on any atom is 0.387 e. The Bertz CT molecular complexity index is 798. The first kappa shape index (κ1) is 19.1. The van der Waals surface area contributed by atoms with E-state index in [2.05, 4.69) is 15.0 Å². The predicted octanol–water partition coefficient (Wildman–Crippen LogP) is 4.98. The van der Waals surface area contributed by atoms with Gasteiger partial charge in [-0.05, 0) is 59.5 Å². The van der Waals surface area contributed by atoms with E-state index in [0.717, 1.165) is 12.8 Å². The largest absolute Gasteiger partial charge is 0.489 e. The van der Waals surface area contributed by atoms with E-state index in [-0.39, 0.29) is 17.1 Å². The molecule has 2 aromatic rings. The van der Waals surface area contributed by atoms with Crippen LogP contribution in [-0.2, 0) is 0 Å². The molecule has 0 unspecified atom stereocenters. The number of anilines is 1. The minimum Gasteiger partial charge on any atom is -0.489 e. The van der Waals surface area contributed by atoms with Crippen LogP contribution in [0, 0.1) is 9.49 Å². The van der Waals surface area contributed by atoms with E-state index < -0.39 is 12.5 Å². The zero-order valence-electron chi connectivity index (χ0n) is 13.3. The number of nitrogens with one attached hydrogen (secondary N) is 1. The van der Waals surface area contributed by atoms with Crippen molar-refractivity contribution in [1.29, 1.82) is 0 Å². The Balaban J connectivity index is 1.81. The molecule has 1 aliphatic carbocycles. The highest BCUT2D eigenvalue weighted by molar-refractivity contribution is 14.1. The molecule has 3 rings (SSSR count). The first-order valence-corrected chi connectivity index (χ1v) is 9.21. The molecule has 9 heteroatoms. The normalized spacial score (nSPS) is 13.6. The summed E-state index contributed by atoms with van der Waals surface area (Å²) in [5.74, 6) is -0.0194. The van der Waals surface area contributed by atoms with Gasteiger partial charge < -0.3 is 14.8 Å². The molecule has 0 radical (unpaired) electrons. The van der Waals surface area contributed by atoms with Crippen LogP contribution in [0.3, 0.4) is 0 Å². The second-order valence-corrected chi connectivity index (χ2v) is 7.30. The smallest absolute Gasteiger partial charge is 0.387 e. The second-order valence-electron chi connectivity index (χ2n) is 5.73. The number of rotatable bonds is 7. The fraction of sp³-hybridized carbons (Fsp3) is 0.294. The molecule has 1 aromatic carbocycles. The van der Waals surface area contributed by atoms with Crippen molar-refractivity contribution in [3.63, 3.8) is 0 Å². The average molecular weight is 495 g/mol. The highest BCUT2D eigenvalue weighted by atomic mass is 127. The van der Waals surface area contributed by atoms with Crippen molar-refractivity contribution >= 4 is 45.8 Å². The Morgan fingerprint density at radius 3 is 2.77 bits per heavy atom. The number of benzene rings is 1. The van der Waals surface area contributed by atoms with Crippen LogP contribution in [0.5, 0.6) is 11.5 Å². The van der Waals surface area contributed by atoms with Gasteiger partial charge in [-0.2, -0.15) is 8.78 Å². The molecular formula is C17H14ClF2IN2O3. The van der Waals surface area contributed by atoms with Crippen molar-refractivity contribution in [2.75, 3.05) is 11.9 Å². The van der Waals surface area contributed by atoms with Crippen molar-refractivity contribution in [1.82, 2.24) is 4.98 Å². The van der Waals surface area contributed by atoms with Gasteiger partial charge in [0.05, 0.1) is 20.9 Å². The number of nitrogens with zero attached hydrogens (tertiary/aromatic N) is 1. The van der Waals surface area contributed by atoms with Crippen LogP contribution in [-0.4, -0.2) is 24.1 Å². The van der Waals surface area contributed by atoms with Gasteiger partial charge in [0.2, 0.25) is 0 Å². The molecular weight excluding hydrogens is 481 g/mol. The number of carbonyl (C=O) groups excluding carboxylic acids is 1. The fourth-order valence-electron chi connectivity index (χ4n) is 2.16. The highest BCUT2D eigenvalue weighted by Gasteiger charge is 2.23. The summed E-state index contributed by atoms with van der Waals surface area (Å²) in [7, 11) is 0. The van der Waals surface area contributed by atoms with Crippen molar-refractivity contribution in [2.24, 2.45) is 5.92 Å². The minimum absolute atomic E-state index is 0.103. The van der Waals surface area contributed by atoms with Crippen molar-refractivity contribution < 1.29 is 23.0 Å². The third kappa shape index (κ3) is 4.94. The number of alkyl halides is 2. The summed E-state index contributed by atoms with van der Waals surface area (Å²) in [6, 6.07) is 4.07. The van der Waals surface area contributed by atoms with Crippen LogP contribution >= 0.6 is 34.2 Å².